The van der Waals surface area contributed by atoms with Crippen molar-refractivity contribution in [1.82, 2.24) is 10.3 Å². The lowest BCUT2D eigenvalue weighted by atomic mass is 10.1. The Morgan fingerprint density at radius 2 is 2.00 bits per heavy atom. The largest absolute Gasteiger partial charge is 0.368 e. The minimum absolute atomic E-state index is 0.385. The van der Waals surface area contributed by atoms with Gasteiger partial charge >= 0.3 is 0 Å². The second-order valence-electron chi connectivity index (χ2n) is 5.68. The minimum Gasteiger partial charge on any atom is -0.368 e. The molecule has 2 rings (SSSR count). The molecule has 3 nitrogen and oxygen atoms in total. The van der Waals surface area contributed by atoms with Gasteiger partial charge in [0.05, 0.1) is 17.6 Å². The van der Waals surface area contributed by atoms with Gasteiger partial charge in [-0.05, 0) is 44.9 Å². The molecule has 1 aromatic rings. The van der Waals surface area contributed by atoms with Crippen LogP contribution in [0.2, 0.25) is 0 Å². The smallest absolute Gasteiger partial charge is 0.0574 e. The highest BCUT2D eigenvalue weighted by atomic mass is 15.2. The average molecular weight is 275 g/mol. The van der Waals surface area contributed by atoms with Crippen molar-refractivity contribution in [2.75, 3.05) is 18.0 Å². The van der Waals surface area contributed by atoms with Crippen LogP contribution in [0.5, 0.6) is 0 Å². The van der Waals surface area contributed by atoms with E-state index in [0.29, 0.717) is 6.04 Å². The first-order valence-corrected chi connectivity index (χ1v) is 8.26. The molecule has 3 heteroatoms. The van der Waals surface area contributed by atoms with Gasteiger partial charge < -0.3 is 10.2 Å². The van der Waals surface area contributed by atoms with Crippen molar-refractivity contribution >= 4 is 5.69 Å². The van der Waals surface area contributed by atoms with E-state index in [1.165, 1.54) is 37.1 Å². The first-order chi connectivity index (χ1) is 9.80. The molecule has 0 radical (unpaired) electrons. The van der Waals surface area contributed by atoms with Crippen molar-refractivity contribution in [3.8, 4) is 0 Å². The third-order valence-electron chi connectivity index (χ3n) is 4.42. The van der Waals surface area contributed by atoms with Gasteiger partial charge in [-0.25, -0.2) is 0 Å². The lowest BCUT2D eigenvalue weighted by molar-refractivity contribution is 0.524. The molecular formula is C17H29N3. The second-order valence-corrected chi connectivity index (χ2v) is 5.68. The SMILES string of the molecule is CCNC(CC)c1ccc(N(CC)C2CCCC2)cn1. The second kappa shape index (κ2) is 7.63. The molecule has 0 amide bonds. The summed E-state index contributed by atoms with van der Waals surface area (Å²) in [5, 5.41) is 3.49. The zero-order valence-corrected chi connectivity index (χ0v) is 13.2. The standard InChI is InChI=1S/C17H29N3/c1-4-16(18-5-2)17-12-11-15(13-19-17)20(6-3)14-9-7-8-10-14/h11-14,16,18H,4-10H2,1-3H3. The van der Waals surface area contributed by atoms with E-state index in [1.54, 1.807) is 0 Å². The van der Waals surface area contributed by atoms with Crippen LogP contribution < -0.4 is 10.2 Å². The Morgan fingerprint density at radius 1 is 1.25 bits per heavy atom. The molecule has 1 atom stereocenters. The van der Waals surface area contributed by atoms with E-state index in [9.17, 15) is 0 Å². The molecule has 1 unspecified atom stereocenters. The van der Waals surface area contributed by atoms with Gasteiger partial charge in [0.15, 0.2) is 0 Å². The quantitative estimate of drug-likeness (QED) is 0.817. The van der Waals surface area contributed by atoms with Gasteiger partial charge in [0.1, 0.15) is 0 Å². The van der Waals surface area contributed by atoms with Gasteiger partial charge in [-0.3, -0.25) is 4.98 Å². The molecule has 112 valence electrons. The van der Waals surface area contributed by atoms with Crippen LogP contribution >= 0.6 is 0 Å². The lowest BCUT2D eigenvalue weighted by Crippen LogP contribution is -2.33. The Hall–Kier alpha value is -1.09. The summed E-state index contributed by atoms with van der Waals surface area (Å²) < 4.78 is 0. The molecule has 0 spiro atoms. The molecule has 20 heavy (non-hydrogen) atoms. The van der Waals surface area contributed by atoms with E-state index in [0.717, 1.165) is 25.6 Å². The Balaban J connectivity index is 2.09. The first kappa shape index (κ1) is 15.3. The fourth-order valence-electron chi connectivity index (χ4n) is 3.35. The summed E-state index contributed by atoms with van der Waals surface area (Å²) in [6.07, 6.45) is 8.59. The van der Waals surface area contributed by atoms with Crippen molar-refractivity contribution in [1.29, 1.82) is 0 Å². The van der Waals surface area contributed by atoms with Crippen LogP contribution in [0.1, 0.15) is 64.6 Å². The highest BCUT2D eigenvalue weighted by Gasteiger charge is 2.22. The predicted octanol–water partition coefficient (Wildman–Crippen LogP) is 3.91. The molecule has 1 heterocycles. The predicted molar refractivity (Wildman–Crippen MR) is 86.2 cm³/mol. The Labute approximate surface area is 123 Å². The maximum Gasteiger partial charge on any atom is 0.0574 e. The van der Waals surface area contributed by atoms with Gasteiger partial charge in [-0.2, -0.15) is 0 Å². The molecule has 0 aliphatic heterocycles. The van der Waals surface area contributed by atoms with Crippen LogP contribution in [0.4, 0.5) is 5.69 Å². The number of nitrogens with zero attached hydrogens (tertiary/aromatic N) is 2. The van der Waals surface area contributed by atoms with Crippen molar-refractivity contribution in [3.05, 3.63) is 24.0 Å². The highest BCUT2D eigenvalue weighted by molar-refractivity contribution is 5.46. The van der Waals surface area contributed by atoms with E-state index in [-0.39, 0.29) is 0 Å². The van der Waals surface area contributed by atoms with Crippen molar-refractivity contribution < 1.29 is 0 Å². The summed E-state index contributed by atoms with van der Waals surface area (Å²) in [7, 11) is 0. The number of hydrogen-bond donors (Lipinski definition) is 1. The van der Waals surface area contributed by atoms with Crippen LogP contribution in [-0.2, 0) is 0 Å². The molecule has 0 aromatic carbocycles. The van der Waals surface area contributed by atoms with Crippen molar-refractivity contribution in [2.24, 2.45) is 0 Å². The fourth-order valence-corrected chi connectivity index (χ4v) is 3.35. The van der Waals surface area contributed by atoms with E-state index in [1.807, 2.05) is 0 Å². The molecule has 1 aliphatic rings. The molecule has 0 saturated heterocycles. The summed E-state index contributed by atoms with van der Waals surface area (Å²) in [5.41, 5.74) is 2.45. The van der Waals surface area contributed by atoms with Crippen molar-refractivity contribution in [2.45, 2.75) is 65.0 Å². The summed E-state index contributed by atoms with van der Waals surface area (Å²) in [6.45, 7) is 8.68. The normalized spacial score (nSPS) is 17.4. The fraction of sp³-hybridized carbons (Fsp3) is 0.706. The zero-order valence-electron chi connectivity index (χ0n) is 13.2. The van der Waals surface area contributed by atoms with E-state index >= 15 is 0 Å². The number of pyridine rings is 1. The molecule has 1 aliphatic carbocycles. The third kappa shape index (κ3) is 3.51. The van der Waals surface area contributed by atoms with Crippen LogP contribution in [-0.4, -0.2) is 24.1 Å². The minimum atomic E-state index is 0.385. The maximum atomic E-state index is 4.70. The Morgan fingerprint density at radius 3 is 2.50 bits per heavy atom. The van der Waals surface area contributed by atoms with E-state index in [2.05, 4.69) is 49.3 Å². The first-order valence-electron chi connectivity index (χ1n) is 8.26. The lowest BCUT2D eigenvalue weighted by Gasteiger charge is -2.30. The van der Waals surface area contributed by atoms with Gasteiger partial charge in [-0.1, -0.05) is 26.7 Å². The zero-order chi connectivity index (χ0) is 14.4. The topological polar surface area (TPSA) is 28.2 Å². The molecular weight excluding hydrogens is 246 g/mol. The molecule has 1 saturated carbocycles. The summed E-state index contributed by atoms with van der Waals surface area (Å²) >= 11 is 0. The number of hydrogen-bond acceptors (Lipinski definition) is 3. The molecule has 1 fully saturated rings. The number of rotatable bonds is 7. The molecule has 1 N–H and O–H groups in total. The molecule has 1 aromatic heterocycles. The van der Waals surface area contributed by atoms with E-state index in [4.69, 9.17) is 4.98 Å². The van der Waals surface area contributed by atoms with Crippen LogP contribution in [0, 0.1) is 0 Å². The monoisotopic (exact) mass is 275 g/mol. The van der Waals surface area contributed by atoms with Gasteiger partial charge in [0.25, 0.3) is 0 Å². The summed E-state index contributed by atoms with van der Waals surface area (Å²) in [6, 6.07) is 5.56. The number of anilines is 1. The van der Waals surface area contributed by atoms with Crippen LogP contribution in [0.15, 0.2) is 18.3 Å². The highest BCUT2D eigenvalue weighted by Crippen LogP contribution is 2.28. The molecule has 0 bridgehead atoms. The Bertz CT molecular complexity index is 382. The van der Waals surface area contributed by atoms with Crippen LogP contribution in [0.25, 0.3) is 0 Å². The van der Waals surface area contributed by atoms with Crippen LogP contribution in [0.3, 0.4) is 0 Å². The average Bonchev–Trinajstić information content (AvgIpc) is 3.00. The van der Waals surface area contributed by atoms with Gasteiger partial charge in [0.2, 0.25) is 0 Å². The number of nitrogens with one attached hydrogen (secondary N) is 1. The van der Waals surface area contributed by atoms with Gasteiger partial charge in [-0.15, -0.1) is 0 Å². The van der Waals surface area contributed by atoms with Gasteiger partial charge in [0, 0.05) is 18.6 Å². The number of aromatic nitrogens is 1. The summed E-state index contributed by atoms with van der Waals surface area (Å²) in [5.74, 6) is 0. The maximum absolute atomic E-state index is 4.70. The third-order valence-corrected chi connectivity index (χ3v) is 4.42. The summed E-state index contributed by atoms with van der Waals surface area (Å²) in [4.78, 5) is 7.23. The van der Waals surface area contributed by atoms with Crippen molar-refractivity contribution in [3.63, 3.8) is 0 Å². The Kier molecular flexibility index (Phi) is 5.84. The van der Waals surface area contributed by atoms with E-state index < -0.39 is 0 Å².